The van der Waals surface area contributed by atoms with Crippen LogP contribution in [0.25, 0.3) is 0 Å². The fraction of sp³-hybridized carbons (Fsp3) is 0.300. The van der Waals surface area contributed by atoms with E-state index in [0.717, 1.165) is 28.4 Å². The minimum atomic E-state index is -0.901. The van der Waals surface area contributed by atoms with E-state index in [1.165, 1.54) is 7.11 Å². The van der Waals surface area contributed by atoms with Gasteiger partial charge in [0.05, 0.1) is 19.1 Å². The summed E-state index contributed by atoms with van der Waals surface area (Å²) in [4.78, 5) is 43.3. The molecule has 0 radical (unpaired) electrons. The first kappa shape index (κ1) is 25.2. The molecule has 3 aromatic carbocycles. The van der Waals surface area contributed by atoms with Crippen LogP contribution in [0.3, 0.4) is 0 Å². The second-order valence-electron chi connectivity index (χ2n) is 9.70. The molecule has 7 heteroatoms. The maximum Gasteiger partial charge on any atom is 0.311 e. The van der Waals surface area contributed by atoms with Gasteiger partial charge < -0.3 is 15.0 Å². The lowest BCUT2D eigenvalue weighted by Crippen LogP contribution is -2.49. The zero-order chi connectivity index (χ0) is 25.9. The summed E-state index contributed by atoms with van der Waals surface area (Å²) in [6.45, 7) is 0.564. The monoisotopic (exact) mass is 560 g/mol. The second-order valence-corrected chi connectivity index (χ2v) is 10.6. The average Bonchev–Trinajstić information content (AvgIpc) is 3.70. The number of amides is 2. The molecular weight excluding hydrogens is 532 g/mol. The molecule has 0 spiro atoms. The molecule has 1 saturated carbocycles. The van der Waals surface area contributed by atoms with Gasteiger partial charge in [0.25, 0.3) is 5.91 Å². The van der Waals surface area contributed by atoms with Gasteiger partial charge in [-0.3, -0.25) is 14.4 Å². The Morgan fingerprint density at radius 3 is 2.16 bits per heavy atom. The third-order valence-electron chi connectivity index (χ3n) is 7.30. The number of ether oxygens (including phenoxy) is 1. The number of methoxy groups -OCH3 is 1. The molecule has 3 aromatic rings. The van der Waals surface area contributed by atoms with E-state index in [0.29, 0.717) is 18.0 Å². The molecule has 2 aliphatic rings. The predicted molar refractivity (Wildman–Crippen MR) is 144 cm³/mol. The zero-order valence-corrected chi connectivity index (χ0v) is 22.1. The summed E-state index contributed by atoms with van der Waals surface area (Å²) in [5.74, 6) is -1.91. The standard InChI is InChI=1S/C30H29BrN2O4/c1-37-30(36)25-24(20-9-4-2-5-10-20)27(28(34)32-18-19-15-16-19)33(26(25)21-11-6-3-7-12-21)29(35)22-13-8-14-23(31)17-22/h2-14,17,19,24-27H,15-16,18H2,1H3,(H,32,34). The van der Waals surface area contributed by atoms with Crippen molar-refractivity contribution in [2.75, 3.05) is 13.7 Å². The fourth-order valence-electron chi connectivity index (χ4n) is 5.39. The highest BCUT2D eigenvalue weighted by Gasteiger charge is 2.58. The van der Waals surface area contributed by atoms with Crippen LogP contribution in [0.4, 0.5) is 0 Å². The number of halogens is 1. The van der Waals surface area contributed by atoms with Crippen LogP contribution in [0.2, 0.25) is 0 Å². The molecule has 37 heavy (non-hydrogen) atoms. The summed E-state index contributed by atoms with van der Waals surface area (Å²) < 4.78 is 6.07. The number of carbonyl (C=O) groups excluding carboxylic acids is 3. The summed E-state index contributed by atoms with van der Waals surface area (Å²) in [5.41, 5.74) is 2.03. The van der Waals surface area contributed by atoms with Gasteiger partial charge in [0.2, 0.25) is 5.91 Å². The molecule has 4 unspecified atom stereocenters. The van der Waals surface area contributed by atoms with Crippen molar-refractivity contribution in [3.05, 3.63) is 106 Å². The minimum Gasteiger partial charge on any atom is -0.469 e. The Morgan fingerprint density at radius 1 is 0.919 bits per heavy atom. The maximum atomic E-state index is 14.3. The molecule has 1 saturated heterocycles. The molecule has 1 aliphatic heterocycles. The predicted octanol–water partition coefficient (Wildman–Crippen LogP) is 5.11. The molecule has 2 fully saturated rings. The summed E-state index contributed by atoms with van der Waals surface area (Å²) in [6.07, 6.45) is 2.18. The van der Waals surface area contributed by atoms with Crippen molar-refractivity contribution in [1.29, 1.82) is 0 Å². The first-order valence-corrected chi connectivity index (χ1v) is 13.3. The number of rotatable bonds is 7. The molecule has 1 heterocycles. The Morgan fingerprint density at radius 2 is 1.57 bits per heavy atom. The van der Waals surface area contributed by atoms with E-state index < -0.39 is 29.9 Å². The van der Waals surface area contributed by atoms with Gasteiger partial charge in [-0.25, -0.2) is 0 Å². The van der Waals surface area contributed by atoms with Gasteiger partial charge in [-0.15, -0.1) is 0 Å². The number of nitrogens with zero attached hydrogens (tertiary/aromatic N) is 1. The largest absolute Gasteiger partial charge is 0.469 e. The van der Waals surface area contributed by atoms with Crippen molar-refractivity contribution in [2.45, 2.75) is 30.8 Å². The molecular formula is C30H29BrN2O4. The van der Waals surface area contributed by atoms with Gasteiger partial charge in [-0.05, 0) is 48.1 Å². The number of hydrogen-bond acceptors (Lipinski definition) is 4. The van der Waals surface area contributed by atoms with E-state index in [-0.39, 0.29) is 11.8 Å². The summed E-state index contributed by atoms with van der Waals surface area (Å²) >= 11 is 3.46. The number of carbonyl (C=O) groups is 3. The smallest absolute Gasteiger partial charge is 0.311 e. The first-order chi connectivity index (χ1) is 18.0. The Bertz CT molecular complexity index is 1280. The highest BCUT2D eigenvalue weighted by molar-refractivity contribution is 9.10. The summed E-state index contributed by atoms with van der Waals surface area (Å²) in [7, 11) is 1.35. The van der Waals surface area contributed by atoms with Gasteiger partial charge in [0.15, 0.2) is 0 Å². The molecule has 4 atom stereocenters. The number of esters is 1. The van der Waals surface area contributed by atoms with E-state index in [4.69, 9.17) is 4.74 Å². The molecule has 190 valence electrons. The van der Waals surface area contributed by atoms with Crippen LogP contribution < -0.4 is 5.32 Å². The Hall–Kier alpha value is -3.45. The Kier molecular flexibility index (Phi) is 7.42. The maximum absolute atomic E-state index is 14.3. The lowest BCUT2D eigenvalue weighted by molar-refractivity contribution is -0.146. The van der Waals surface area contributed by atoms with Crippen LogP contribution in [-0.4, -0.2) is 42.4 Å². The molecule has 0 aromatic heterocycles. The van der Waals surface area contributed by atoms with Crippen molar-refractivity contribution < 1.29 is 19.1 Å². The van der Waals surface area contributed by atoms with Gasteiger partial charge in [-0.2, -0.15) is 0 Å². The zero-order valence-electron chi connectivity index (χ0n) is 20.5. The molecule has 2 amide bonds. The molecule has 6 nitrogen and oxygen atoms in total. The van der Waals surface area contributed by atoms with Crippen molar-refractivity contribution in [3.8, 4) is 0 Å². The Balaban J connectivity index is 1.70. The van der Waals surface area contributed by atoms with Crippen LogP contribution in [0, 0.1) is 11.8 Å². The SMILES string of the molecule is COC(=O)C1C(c2ccccc2)C(C(=O)NCC2CC2)N(C(=O)c2cccc(Br)c2)C1c1ccccc1. The van der Waals surface area contributed by atoms with Gasteiger partial charge in [-0.1, -0.05) is 82.7 Å². The van der Waals surface area contributed by atoms with Gasteiger partial charge >= 0.3 is 5.97 Å². The number of hydrogen-bond donors (Lipinski definition) is 1. The number of nitrogens with one attached hydrogen (secondary N) is 1. The minimum absolute atomic E-state index is 0.253. The van der Waals surface area contributed by atoms with Crippen LogP contribution in [0.1, 0.15) is 46.3 Å². The summed E-state index contributed by atoms with van der Waals surface area (Å²) in [5, 5.41) is 3.09. The van der Waals surface area contributed by atoms with E-state index in [9.17, 15) is 14.4 Å². The molecule has 0 bridgehead atoms. The fourth-order valence-corrected chi connectivity index (χ4v) is 5.79. The molecule has 1 N–H and O–H groups in total. The van der Waals surface area contributed by atoms with Crippen molar-refractivity contribution in [2.24, 2.45) is 11.8 Å². The van der Waals surface area contributed by atoms with E-state index >= 15 is 0 Å². The van der Waals surface area contributed by atoms with Gasteiger partial charge in [0, 0.05) is 22.5 Å². The quantitative estimate of drug-likeness (QED) is 0.407. The lowest BCUT2D eigenvalue weighted by atomic mass is 9.80. The van der Waals surface area contributed by atoms with Crippen molar-refractivity contribution in [1.82, 2.24) is 10.2 Å². The average molecular weight is 561 g/mol. The third-order valence-corrected chi connectivity index (χ3v) is 7.80. The van der Waals surface area contributed by atoms with Crippen LogP contribution in [-0.2, 0) is 14.3 Å². The van der Waals surface area contributed by atoms with Crippen LogP contribution in [0.5, 0.6) is 0 Å². The second kappa shape index (κ2) is 10.9. The number of likely N-dealkylation sites (tertiary alicyclic amines) is 1. The highest BCUT2D eigenvalue weighted by atomic mass is 79.9. The van der Waals surface area contributed by atoms with Crippen LogP contribution in [0.15, 0.2) is 89.4 Å². The van der Waals surface area contributed by atoms with Gasteiger partial charge in [0.1, 0.15) is 6.04 Å². The normalized spacial score (nSPS) is 22.9. The van der Waals surface area contributed by atoms with Crippen LogP contribution >= 0.6 is 15.9 Å². The lowest BCUT2D eigenvalue weighted by Gasteiger charge is -2.31. The Labute approximate surface area is 225 Å². The molecule has 1 aliphatic carbocycles. The topological polar surface area (TPSA) is 75.7 Å². The third kappa shape index (κ3) is 5.18. The van der Waals surface area contributed by atoms with Crippen molar-refractivity contribution in [3.63, 3.8) is 0 Å². The van der Waals surface area contributed by atoms with Crippen molar-refractivity contribution >= 4 is 33.7 Å². The molecule has 5 rings (SSSR count). The highest BCUT2D eigenvalue weighted by Crippen LogP contribution is 2.51. The summed E-state index contributed by atoms with van der Waals surface area (Å²) in [6, 6.07) is 24.5. The first-order valence-electron chi connectivity index (χ1n) is 12.5. The number of benzene rings is 3. The van der Waals surface area contributed by atoms with E-state index in [1.807, 2.05) is 66.7 Å². The van der Waals surface area contributed by atoms with E-state index in [2.05, 4.69) is 21.2 Å². The van der Waals surface area contributed by atoms with E-state index in [1.54, 1.807) is 23.1 Å².